The lowest BCUT2D eigenvalue weighted by Crippen LogP contribution is -2.45. The van der Waals surface area contributed by atoms with Crippen molar-refractivity contribution in [2.24, 2.45) is 11.8 Å². The van der Waals surface area contributed by atoms with Crippen LogP contribution < -0.4 is 5.32 Å². The number of amides is 3. The zero-order valence-corrected chi connectivity index (χ0v) is 16.4. The molecule has 1 saturated heterocycles. The Bertz CT molecular complexity index is 840. The quantitative estimate of drug-likeness (QED) is 0.462. The first-order chi connectivity index (χ1) is 13.3. The van der Waals surface area contributed by atoms with Gasteiger partial charge in [-0.2, -0.15) is 0 Å². The van der Waals surface area contributed by atoms with Gasteiger partial charge in [-0.05, 0) is 44.4 Å². The van der Waals surface area contributed by atoms with Crippen molar-refractivity contribution in [2.45, 2.75) is 32.7 Å². The monoisotopic (exact) mass is 404 g/mol. The topological polar surface area (TPSA) is 92.8 Å². The highest BCUT2D eigenvalue weighted by atomic mass is 35.5. The zero-order chi connectivity index (χ0) is 20.4. The second kappa shape index (κ2) is 8.14. The summed E-state index contributed by atoms with van der Waals surface area (Å²) in [5.74, 6) is -2.89. The molecular formula is C20H21ClN2O5. The standard InChI is InChI=1S/C20H21ClN2O5/c1-11-7-8-13(9-16(11)21)22-17(24)10-28-20(27)12(2)23-18(25)14-5-3-4-6-15(14)19(23)26/h3-4,7-9,12,14-15H,5-6,10H2,1-2H3,(H,22,24)/t12-,14-,15-/m0/s1. The van der Waals surface area contributed by atoms with Crippen LogP contribution in [-0.2, 0) is 23.9 Å². The molecule has 1 aromatic rings. The molecule has 1 fully saturated rings. The number of anilines is 1. The summed E-state index contributed by atoms with van der Waals surface area (Å²) < 4.78 is 5.01. The van der Waals surface area contributed by atoms with E-state index in [-0.39, 0.29) is 11.8 Å². The number of nitrogens with zero attached hydrogens (tertiary/aromatic N) is 1. The highest BCUT2D eigenvalue weighted by Crippen LogP contribution is 2.36. The van der Waals surface area contributed by atoms with Gasteiger partial charge in [0, 0.05) is 10.7 Å². The fourth-order valence-corrected chi connectivity index (χ4v) is 3.62. The van der Waals surface area contributed by atoms with Crippen molar-refractivity contribution in [3.05, 3.63) is 40.9 Å². The highest BCUT2D eigenvalue weighted by Gasteiger charge is 2.50. The lowest BCUT2D eigenvalue weighted by atomic mass is 9.85. The second-order valence-electron chi connectivity index (χ2n) is 7.00. The molecule has 1 heterocycles. The number of halogens is 1. The Morgan fingerprint density at radius 2 is 1.82 bits per heavy atom. The number of carbonyl (C=O) groups is 4. The number of likely N-dealkylation sites (tertiary alicyclic amines) is 1. The summed E-state index contributed by atoms with van der Waals surface area (Å²) in [6.45, 7) is 2.74. The molecule has 3 atom stereocenters. The van der Waals surface area contributed by atoms with Gasteiger partial charge in [-0.1, -0.05) is 29.8 Å². The van der Waals surface area contributed by atoms with Gasteiger partial charge < -0.3 is 10.1 Å². The minimum atomic E-state index is -1.08. The highest BCUT2D eigenvalue weighted by molar-refractivity contribution is 6.31. The molecule has 1 aliphatic heterocycles. The minimum absolute atomic E-state index is 0.359. The van der Waals surface area contributed by atoms with Crippen LogP contribution in [0.1, 0.15) is 25.3 Å². The molecular weight excluding hydrogens is 384 g/mol. The summed E-state index contributed by atoms with van der Waals surface area (Å²) in [5, 5.41) is 3.08. The van der Waals surface area contributed by atoms with Crippen molar-refractivity contribution in [3.63, 3.8) is 0 Å². The van der Waals surface area contributed by atoms with Crippen molar-refractivity contribution in [1.29, 1.82) is 0 Å². The number of allylic oxidation sites excluding steroid dienone is 2. The third kappa shape index (κ3) is 3.94. The lowest BCUT2D eigenvalue weighted by molar-refractivity contribution is -0.159. The number of hydrogen-bond donors (Lipinski definition) is 1. The van der Waals surface area contributed by atoms with E-state index >= 15 is 0 Å². The van der Waals surface area contributed by atoms with E-state index in [0.29, 0.717) is 23.6 Å². The second-order valence-corrected chi connectivity index (χ2v) is 7.41. The number of ether oxygens (including phenoxy) is 1. The summed E-state index contributed by atoms with van der Waals surface area (Å²) >= 11 is 6.01. The molecule has 8 heteroatoms. The van der Waals surface area contributed by atoms with Crippen molar-refractivity contribution in [3.8, 4) is 0 Å². The molecule has 0 aromatic heterocycles. The van der Waals surface area contributed by atoms with Crippen LogP contribution in [-0.4, -0.2) is 41.2 Å². The van der Waals surface area contributed by atoms with Crippen LogP contribution in [0.4, 0.5) is 5.69 Å². The van der Waals surface area contributed by atoms with Crippen LogP contribution in [0.15, 0.2) is 30.4 Å². The third-order valence-electron chi connectivity index (χ3n) is 5.07. The maximum absolute atomic E-state index is 12.5. The van der Waals surface area contributed by atoms with Crippen LogP contribution in [0, 0.1) is 18.8 Å². The largest absolute Gasteiger partial charge is 0.454 e. The summed E-state index contributed by atoms with van der Waals surface area (Å²) in [4.78, 5) is 50.3. The predicted molar refractivity (Wildman–Crippen MR) is 102 cm³/mol. The van der Waals surface area contributed by atoms with Crippen LogP contribution in [0.2, 0.25) is 5.02 Å². The zero-order valence-electron chi connectivity index (χ0n) is 15.6. The number of benzene rings is 1. The number of hydrogen-bond acceptors (Lipinski definition) is 5. The van der Waals surface area contributed by atoms with E-state index in [9.17, 15) is 19.2 Å². The van der Waals surface area contributed by atoms with Crippen LogP contribution in [0.3, 0.4) is 0 Å². The number of fused-ring (bicyclic) bond motifs is 1. The fourth-order valence-electron chi connectivity index (χ4n) is 3.44. The first-order valence-corrected chi connectivity index (χ1v) is 9.42. The Kier molecular flexibility index (Phi) is 5.84. The molecule has 0 radical (unpaired) electrons. The lowest BCUT2D eigenvalue weighted by Gasteiger charge is -2.21. The van der Waals surface area contributed by atoms with E-state index in [0.717, 1.165) is 10.5 Å². The Hall–Kier alpha value is -2.67. The SMILES string of the molecule is Cc1ccc(NC(=O)COC(=O)[C@H](C)N2C(=O)[C@H]3CC=CC[C@@H]3C2=O)cc1Cl. The van der Waals surface area contributed by atoms with E-state index in [1.54, 1.807) is 18.2 Å². The molecule has 2 aliphatic rings. The molecule has 0 spiro atoms. The molecule has 1 aromatic carbocycles. The molecule has 1 N–H and O–H groups in total. The van der Waals surface area contributed by atoms with E-state index in [1.165, 1.54) is 6.92 Å². The first kappa shape index (κ1) is 20.1. The summed E-state index contributed by atoms with van der Waals surface area (Å²) in [6, 6.07) is 3.95. The molecule has 0 bridgehead atoms. The average Bonchev–Trinajstić information content (AvgIpc) is 2.93. The minimum Gasteiger partial charge on any atom is -0.454 e. The maximum Gasteiger partial charge on any atom is 0.329 e. The van der Waals surface area contributed by atoms with Crippen LogP contribution in [0.25, 0.3) is 0 Å². The van der Waals surface area contributed by atoms with Crippen molar-refractivity contribution < 1.29 is 23.9 Å². The molecule has 7 nitrogen and oxygen atoms in total. The van der Waals surface area contributed by atoms with Gasteiger partial charge in [0.25, 0.3) is 5.91 Å². The molecule has 0 unspecified atom stereocenters. The molecule has 3 amide bonds. The Morgan fingerprint density at radius 3 is 2.39 bits per heavy atom. The van der Waals surface area contributed by atoms with Gasteiger partial charge in [-0.25, -0.2) is 4.79 Å². The van der Waals surface area contributed by atoms with E-state index in [2.05, 4.69) is 5.32 Å². The van der Waals surface area contributed by atoms with Gasteiger partial charge in [0.1, 0.15) is 6.04 Å². The van der Waals surface area contributed by atoms with Gasteiger partial charge in [-0.15, -0.1) is 0 Å². The Morgan fingerprint density at radius 1 is 1.21 bits per heavy atom. The number of carbonyl (C=O) groups excluding carboxylic acids is 4. The smallest absolute Gasteiger partial charge is 0.329 e. The van der Waals surface area contributed by atoms with Gasteiger partial charge >= 0.3 is 5.97 Å². The van der Waals surface area contributed by atoms with E-state index in [4.69, 9.17) is 16.3 Å². The van der Waals surface area contributed by atoms with Gasteiger partial charge in [-0.3, -0.25) is 19.3 Å². The van der Waals surface area contributed by atoms with Gasteiger partial charge in [0.05, 0.1) is 11.8 Å². The summed E-state index contributed by atoms with van der Waals surface area (Å²) in [7, 11) is 0. The predicted octanol–water partition coefficient (Wildman–Crippen LogP) is 2.47. The Balaban J connectivity index is 1.55. The number of aryl methyl sites for hydroxylation is 1. The normalized spacial score (nSPS) is 22.0. The fraction of sp³-hybridized carbons (Fsp3) is 0.400. The summed E-state index contributed by atoms with van der Waals surface area (Å²) in [6.07, 6.45) is 4.74. The van der Waals surface area contributed by atoms with Crippen molar-refractivity contribution >= 4 is 41.0 Å². The van der Waals surface area contributed by atoms with E-state index < -0.39 is 36.4 Å². The Labute approximate surface area is 167 Å². The third-order valence-corrected chi connectivity index (χ3v) is 5.48. The number of imide groups is 1. The molecule has 3 rings (SSSR count). The van der Waals surface area contributed by atoms with Crippen molar-refractivity contribution in [2.75, 3.05) is 11.9 Å². The van der Waals surface area contributed by atoms with Crippen LogP contribution >= 0.6 is 11.6 Å². The maximum atomic E-state index is 12.5. The van der Waals surface area contributed by atoms with Gasteiger partial charge in [0.15, 0.2) is 6.61 Å². The molecule has 148 valence electrons. The summed E-state index contributed by atoms with van der Waals surface area (Å²) in [5.41, 5.74) is 1.35. The number of rotatable bonds is 5. The number of nitrogens with one attached hydrogen (secondary N) is 1. The van der Waals surface area contributed by atoms with Crippen molar-refractivity contribution in [1.82, 2.24) is 4.90 Å². The molecule has 28 heavy (non-hydrogen) atoms. The van der Waals surface area contributed by atoms with E-state index in [1.807, 2.05) is 19.1 Å². The first-order valence-electron chi connectivity index (χ1n) is 9.04. The number of esters is 1. The van der Waals surface area contributed by atoms with Gasteiger partial charge in [0.2, 0.25) is 11.8 Å². The average molecular weight is 405 g/mol. The van der Waals surface area contributed by atoms with Crippen LogP contribution in [0.5, 0.6) is 0 Å². The molecule has 0 saturated carbocycles. The molecule has 1 aliphatic carbocycles.